The molecular formula is C15H14F2N6. The van der Waals surface area contributed by atoms with E-state index in [1.807, 2.05) is 0 Å². The lowest BCUT2D eigenvalue weighted by Gasteiger charge is -2.14. The van der Waals surface area contributed by atoms with Crippen LogP contribution in [0.2, 0.25) is 0 Å². The van der Waals surface area contributed by atoms with Crippen LogP contribution in [0.15, 0.2) is 36.9 Å². The molecule has 0 saturated carbocycles. The van der Waals surface area contributed by atoms with Crippen molar-refractivity contribution in [1.29, 1.82) is 0 Å². The van der Waals surface area contributed by atoms with E-state index in [9.17, 15) is 8.78 Å². The molecule has 6 nitrogen and oxygen atoms in total. The molecule has 23 heavy (non-hydrogen) atoms. The van der Waals surface area contributed by atoms with Crippen molar-refractivity contribution < 1.29 is 8.78 Å². The number of rotatable bonds is 3. The first-order chi connectivity index (χ1) is 11.2. The zero-order valence-electron chi connectivity index (χ0n) is 12.1. The third kappa shape index (κ3) is 2.61. The van der Waals surface area contributed by atoms with Gasteiger partial charge in [-0.2, -0.15) is 0 Å². The number of hydrogen-bond donors (Lipinski definition) is 2. The Balaban J connectivity index is 1.68. The molecule has 0 amide bonds. The van der Waals surface area contributed by atoms with E-state index in [1.54, 1.807) is 29.1 Å². The highest BCUT2D eigenvalue weighted by Gasteiger charge is 2.26. The SMILES string of the molecule is Fc1ccc2ncc(-c3cncc(NC4CNCC4F)n3)n2c1. The molecule has 3 aromatic rings. The first-order valence-corrected chi connectivity index (χ1v) is 7.27. The standard InChI is InChI=1S/C15H14F2N6/c16-9-1-2-15-20-6-13(23(15)8-9)12-5-19-7-14(22-12)21-11-4-18-3-10(11)17/h1-2,5-8,10-11,18H,3-4H2,(H,21,22). The monoisotopic (exact) mass is 316 g/mol. The van der Waals surface area contributed by atoms with Gasteiger partial charge in [0.15, 0.2) is 0 Å². The van der Waals surface area contributed by atoms with Crippen LogP contribution in [0.3, 0.4) is 0 Å². The maximum Gasteiger partial charge on any atom is 0.145 e. The van der Waals surface area contributed by atoms with Crippen molar-refractivity contribution >= 4 is 11.5 Å². The molecule has 0 radical (unpaired) electrons. The summed E-state index contributed by atoms with van der Waals surface area (Å²) in [6, 6.07) is 2.61. The molecule has 118 valence electrons. The minimum absolute atomic E-state index is 0.331. The van der Waals surface area contributed by atoms with Crippen LogP contribution in [0.25, 0.3) is 17.0 Å². The normalized spacial score (nSPS) is 21.0. The molecule has 2 N–H and O–H groups in total. The van der Waals surface area contributed by atoms with Gasteiger partial charge in [0, 0.05) is 19.3 Å². The molecule has 0 spiro atoms. The van der Waals surface area contributed by atoms with Crippen LogP contribution < -0.4 is 10.6 Å². The highest BCUT2D eigenvalue weighted by atomic mass is 19.1. The van der Waals surface area contributed by atoms with Crippen molar-refractivity contribution in [1.82, 2.24) is 24.7 Å². The van der Waals surface area contributed by atoms with Crippen molar-refractivity contribution in [3.63, 3.8) is 0 Å². The number of nitrogens with one attached hydrogen (secondary N) is 2. The highest BCUT2D eigenvalue weighted by molar-refractivity contribution is 5.60. The number of imidazole rings is 1. The predicted octanol–water partition coefficient (Wildman–Crippen LogP) is 1.65. The van der Waals surface area contributed by atoms with E-state index in [-0.39, 0.29) is 11.9 Å². The number of halogens is 2. The second-order valence-electron chi connectivity index (χ2n) is 5.43. The third-order valence-corrected chi connectivity index (χ3v) is 3.84. The van der Waals surface area contributed by atoms with Crippen LogP contribution in [-0.4, -0.2) is 44.7 Å². The van der Waals surface area contributed by atoms with Crippen molar-refractivity contribution in [2.24, 2.45) is 0 Å². The molecule has 3 aromatic heterocycles. The van der Waals surface area contributed by atoms with E-state index in [1.165, 1.54) is 12.3 Å². The quantitative estimate of drug-likeness (QED) is 0.769. The smallest absolute Gasteiger partial charge is 0.145 e. The van der Waals surface area contributed by atoms with Crippen LogP contribution in [0, 0.1) is 5.82 Å². The van der Waals surface area contributed by atoms with E-state index < -0.39 is 6.17 Å². The predicted molar refractivity (Wildman–Crippen MR) is 81.4 cm³/mol. The Morgan fingerprint density at radius 2 is 2.13 bits per heavy atom. The molecule has 4 heterocycles. The van der Waals surface area contributed by atoms with Gasteiger partial charge in [-0.05, 0) is 12.1 Å². The van der Waals surface area contributed by atoms with E-state index >= 15 is 0 Å². The average molecular weight is 316 g/mol. The Morgan fingerprint density at radius 1 is 1.22 bits per heavy atom. The van der Waals surface area contributed by atoms with Crippen molar-refractivity contribution in [2.75, 3.05) is 18.4 Å². The van der Waals surface area contributed by atoms with E-state index in [0.29, 0.717) is 35.9 Å². The molecule has 1 fully saturated rings. The number of nitrogens with zero attached hydrogens (tertiary/aromatic N) is 4. The average Bonchev–Trinajstić information content (AvgIpc) is 3.14. The molecule has 0 aromatic carbocycles. The topological polar surface area (TPSA) is 67.1 Å². The highest BCUT2D eigenvalue weighted by Crippen LogP contribution is 2.20. The maximum absolute atomic E-state index is 13.7. The van der Waals surface area contributed by atoms with Crippen LogP contribution in [0.5, 0.6) is 0 Å². The lowest BCUT2D eigenvalue weighted by Crippen LogP contribution is -2.29. The molecule has 1 aliphatic rings. The molecule has 1 aliphatic heterocycles. The fourth-order valence-electron chi connectivity index (χ4n) is 2.68. The fraction of sp³-hybridized carbons (Fsp3) is 0.267. The van der Waals surface area contributed by atoms with Gasteiger partial charge in [0.25, 0.3) is 0 Å². The summed E-state index contributed by atoms with van der Waals surface area (Å²) in [5.41, 5.74) is 1.77. The molecule has 2 atom stereocenters. The first kappa shape index (κ1) is 14.0. The minimum atomic E-state index is -0.967. The van der Waals surface area contributed by atoms with Gasteiger partial charge in [-0.15, -0.1) is 0 Å². The van der Waals surface area contributed by atoms with Gasteiger partial charge in [0.05, 0.1) is 30.3 Å². The van der Waals surface area contributed by atoms with Crippen LogP contribution >= 0.6 is 0 Å². The Morgan fingerprint density at radius 3 is 2.96 bits per heavy atom. The molecule has 8 heteroatoms. The second kappa shape index (κ2) is 5.54. The molecule has 1 saturated heterocycles. The van der Waals surface area contributed by atoms with Gasteiger partial charge >= 0.3 is 0 Å². The van der Waals surface area contributed by atoms with Gasteiger partial charge in [0.1, 0.15) is 29.1 Å². The van der Waals surface area contributed by atoms with Crippen molar-refractivity contribution in [3.8, 4) is 11.4 Å². The summed E-state index contributed by atoms with van der Waals surface area (Å²) >= 11 is 0. The lowest BCUT2D eigenvalue weighted by molar-refractivity contribution is 0.342. The van der Waals surface area contributed by atoms with Crippen LogP contribution in [-0.2, 0) is 0 Å². The number of pyridine rings is 1. The van der Waals surface area contributed by atoms with Crippen molar-refractivity contribution in [3.05, 3.63) is 42.7 Å². The summed E-state index contributed by atoms with van der Waals surface area (Å²) in [6.45, 7) is 0.866. The van der Waals surface area contributed by atoms with Gasteiger partial charge in [0.2, 0.25) is 0 Å². The Hall–Kier alpha value is -2.61. The number of aromatic nitrogens is 4. The zero-order chi connectivity index (χ0) is 15.8. The largest absolute Gasteiger partial charge is 0.362 e. The zero-order valence-corrected chi connectivity index (χ0v) is 12.1. The Kier molecular flexibility index (Phi) is 3.38. The fourth-order valence-corrected chi connectivity index (χ4v) is 2.68. The Bertz CT molecular complexity index is 849. The number of fused-ring (bicyclic) bond motifs is 1. The maximum atomic E-state index is 13.7. The molecule has 0 bridgehead atoms. The summed E-state index contributed by atoms with van der Waals surface area (Å²) < 4.78 is 28.7. The first-order valence-electron chi connectivity index (χ1n) is 7.27. The van der Waals surface area contributed by atoms with Gasteiger partial charge < -0.3 is 10.6 Å². The van der Waals surface area contributed by atoms with Crippen LogP contribution in [0.1, 0.15) is 0 Å². The number of anilines is 1. The minimum Gasteiger partial charge on any atom is -0.362 e. The summed E-state index contributed by atoms with van der Waals surface area (Å²) in [5.74, 6) is 0.112. The third-order valence-electron chi connectivity index (χ3n) is 3.84. The van der Waals surface area contributed by atoms with Crippen LogP contribution in [0.4, 0.5) is 14.6 Å². The van der Waals surface area contributed by atoms with Gasteiger partial charge in [-0.1, -0.05) is 0 Å². The molecular weight excluding hydrogens is 302 g/mol. The van der Waals surface area contributed by atoms with Gasteiger partial charge in [-0.3, -0.25) is 9.38 Å². The number of hydrogen-bond acceptors (Lipinski definition) is 5. The van der Waals surface area contributed by atoms with Crippen molar-refractivity contribution in [2.45, 2.75) is 12.2 Å². The van der Waals surface area contributed by atoms with E-state index in [0.717, 1.165) is 0 Å². The molecule has 2 unspecified atom stereocenters. The summed E-state index contributed by atoms with van der Waals surface area (Å²) in [6.07, 6.45) is 5.10. The summed E-state index contributed by atoms with van der Waals surface area (Å²) in [7, 11) is 0. The van der Waals surface area contributed by atoms with E-state index in [2.05, 4.69) is 25.6 Å². The van der Waals surface area contributed by atoms with E-state index in [4.69, 9.17) is 0 Å². The lowest BCUT2D eigenvalue weighted by atomic mass is 10.2. The molecule has 4 rings (SSSR count). The van der Waals surface area contributed by atoms with Gasteiger partial charge in [-0.25, -0.2) is 18.7 Å². The summed E-state index contributed by atoms with van der Waals surface area (Å²) in [5, 5.41) is 6.01. The number of alkyl halides is 1. The summed E-state index contributed by atoms with van der Waals surface area (Å²) in [4.78, 5) is 12.8. The second-order valence-corrected chi connectivity index (χ2v) is 5.43. The molecule has 0 aliphatic carbocycles. The Labute approximate surface area is 130 Å².